The Morgan fingerprint density at radius 3 is 2.90 bits per heavy atom. The van der Waals surface area contributed by atoms with Gasteiger partial charge < -0.3 is 14.8 Å². The Hall–Kier alpha value is -1.32. The molecule has 1 aliphatic rings. The maximum atomic E-state index is 3.28. The van der Waals surface area contributed by atoms with Crippen molar-refractivity contribution in [3.05, 3.63) is 36.0 Å². The lowest BCUT2D eigenvalue weighted by Crippen LogP contribution is -2.36. The summed E-state index contributed by atoms with van der Waals surface area (Å²) in [6, 6.07) is 9.53. The van der Waals surface area contributed by atoms with Crippen LogP contribution in [0.1, 0.15) is 31.2 Å². The molecule has 1 N–H and O–H groups in total. The first-order valence-electron chi connectivity index (χ1n) is 8.21. The van der Waals surface area contributed by atoms with Gasteiger partial charge in [0, 0.05) is 36.2 Å². The molecule has 114 valence electrons. The van der Waals surface area contributed by atoms with Crippen LogP contribution in [0.15, 0.2) is 30.5 Å². The minimum absolute atomic E-state index is 0.757. The van der Waals surface area contributed by atoms with E-state index in [4.69, 9.17) is 0 Å². The van der Waals surface area contributed by atoms with E-state index in [0.29, 0.717) is 0 Å². The van der Waals surface area contributed by atoms with E-state index in [9.17, 15) is 0 Å². The first kappa shape index (κ1) is 14.6. The minimum Gasteiger partial charge on any atom is -0.347 e. The van der Waals surface area contributed by atoms with Crippen molar-refractivity contribution in [3.8, 4) is 0 Å². The van der Waals surface area contributed by atoms with Crippen molar-refractivity contribution in [1.82, 2.24) is 14.8 Å². The van der Waals surface area contributed by atoms with Gasteiger partial charge in [-0.3, -0.25) is 0 Å². The van der Waals surface area contributed by atoms with Crippen LogP contribution in [0.4, 0.5) is 0 Å². The summed E-state index contributed by atoms with van der Waals surface area (Å²) < 4.78 is 2.45. The highest BCUT2D eigenvalue weighted by Crippen LogP contribution is 2.23. The van der Waals surface area contributed by atoms with Gasteiger partial charge in [-0.1, -0.05) is 24.6 Å². The summed E-state index contributed by atoms with van der Waals surface area (Å²) in [5, 5.41) is 4.67. The Morgan fingerprint density at radius 2 is 2.10 bits per heavy atom. The smallest absolute Gasteiger partial charge is 0.0483 e. The predicted molar refractivity (Wildman–Crippen MR) is 89.6 cm³/mol. The lowest BCUT2D eigenvalue weighted by atomic mass is 10.0. The maximum absolute atomic E-state index is 3.28. The molecule has 1 fully saturated rings. The van der Waals surface area contributed by atoms with E-state index in [1.54, 1.807) is 0 Å². The lowest BCUT2D eigenvalue weighted by Gasteiger charge is -2.32. The zero-order valence-electron chi connectivity index (χ0n) is 13.3. The van der Waals surface area contributed by atoms with Gasteiger partial charge >= 0.3 is 0 Å². The molecule has 1 aromatic heterocycles. The van der Waals surface area contributed by atoms with Gasteiger partial charge in [0.05, 0.1) is 0 Å². The van der Waals surface area contributed by atoms with E-state index in [1.807, 2.05) is 7.05 Å². The van der Waals surface area contributed by atoms with Gasteiger partial charge in [-0.25, -0.2) is 0 Å². The van der Waals surface area contributed by atoms with Crippen LogP contribution in [0, 0.1) is 0 Å². The van der Waals surface area contributed by atoms with Crippen molar-refractivity contribution in [3.63, 3.8) is 0 Å². The van der Waals surface area contributed by atoms with Gasteiger partial charge in [0.25, 0.3) is 0 Å². The fraction of sp³-hybridized carbons (Fsp3) is 0.556. The summed E-state index contributed by atoms with van der Waals surface area (Å²) in [5.41, 5.74) is 2.78. The zero-order chi connectivity index (χ0) is 14.7. The highest BCUT2D eigenvalue weighted by molar-refractivity contribution is 5.83. The Bertz CT molecular complexity index is 587. The molecular formula is C18H27N3. The second-order valence-electron chi connectivity index (χ2n) is 6.31. The van der Waals surface area contributed by atoms with E-state index >= 15 is 0 Å². The molecular weight excluding hydrogens is 258 g/mol. The molecule has 0 spiro atoms. The van der Waals surface area contributed by atoms with Crippen LogP contribution in [-0.4, -0.2) is 36.1 Å². The number of nitrogens with zero attached hydrogens (tertiary/aromatic N) is 2. The average molecular weight is 285 g/mol. The molecule has 21 heavy (non-hydrogen) atoms. The summed E-state index contributed by atoms with van der Waals surface area (Å²) >= 11 is 0. The van der Waals surface area contributed by atoms with Crippen molar-refractivity contribution in [2.75, 3.05) is 20.6 Å². The monoisotopic (exact) mass is 285 g/mol. The predicted octanol–water partition coefficient (Wildman–Crippen LogP) is 3.24. The molecule has 0 bridgehead atoms. The summed E-state index contributed by atoms with van der Waals surface area (Å²) in [6.45, 7) is 3.33. The van der Waals surface area contributed by atoms with Crippen LogP contribution in [0.3, 0.4) is 0 Å². The van der Waals surface area contributed by atoms with Crippen LogP contribution in [0.25, 0.3) is 10.9 Å². The van der Waals surface area contributed by atoms with Crippen LogP contribution in [0.2, 0.25) is 0 Å². The Labute approximate surface area is 127 Å². The summed E-state index contributed by atoms with van der Waals surface area (Å²) in [7, 11) is 4.30. The quantitative estimate of drug-likeness (QED) is 0.910. The number of hydrogen-bond donors (Lipinski definition) is 1. The molecule has 1 atom stereocenters. The fourth-order valence-corrected chi connectivity index (χ4v) is 3.64. The molecule has 3 heteroatoms. The number of para-hydroxylation sites is 1. The molecule has 0 amide bonds. The summed E-state index contributed by atoms with van der Waals surface area (Å²) in [5.74, 6) is 0. The van der Waals surface area contributed by atoms with Crippen LogP contribution in [0.5, 0.6) is 0 Å². The van der Waals surface area contributed by atoms with Crippen molar-refractivity contribution in [1.29, 1.82) is 0 Å². The standard InChI is InChI=1S/C18H27N3/c1-19-13-15-14-21(18-9-4-3-8-17(15)18)12-10-16-7-5-6-11-20(16)2/h3-4,8-9,14,16,19H,5-7,10-13H2,1-2H3. The molecule has 1 aliphatic heterocycles. The number of aromatic nitrogens is 1. The van der Waals surface area contributed by atoms with E-state index < -0.39 is 0 Å². The molecule has 1 saturated heterocycles. The molecule has 0 radical (unpaired) electrons. The molecule has 2 aromatic rings. The molecule has 0 aliphatic carbocycles. The second kappa shape index (κ2) is 6.63. The third-order valence-corrected chi connectivity index (χ3v) is 4.86. The molecule has 3 nitrogen and oxygen atoms in total. The fourth-order valence-electron chi connectivity index (χ4n) is 3.64. The second-order valence-corrected chi connectivity index (χ2v) is 6.31. The van der Waals surface area contributed by atoms with Gasteiger partial charge in [0.1, 0.15) is 0 Å². The third kappa shape index (κ3) is 3.14. The van der Waals surface area contributed by atoms with E-state index in [1.165, 1.54) is 48.7 Å². The van der Waals surface area contributed by atoms with Crippen molar-refractivity contribution in [2.45, 2.75) is 44.8 Å². The average Bonchev–Trinajstić information content (AvgIpc) is 2.85. The highest BCUT2D eigenvalue weighted by atomic mass is 15.1. The lowest BCUT2D eigenvalue weighted by molar-refractivity contribution is 0.171. The number of hydrogen-bond acceptors (Lipinski definition) is 2. The topological polar surface area (TPSA) is 20.2 Å². The Balaban J connectivity index is 1.77. The van der Waals surface area contributed by atoms with Gasteiger partial charge in [0.15, 0.2) is 0 Å². The number of likely N-dealkylation sites (tertiary alicyclic amines) is 1. The Morgan fingerprint density at radius 1 is 1.24 bits per heavy atom. The van der Waals surface area contributed by atoms with Crippen molar-refractivity contribution < 1.29 is 0 Å². The van der Waals surface area contributed by atoms with E-state index in [0.717, 1.165) is 19.1 Å². The molecule has 1 unspecified atom stereocenters. The number of benzene rings is 1. The van der Waals surface area contributed by atoms with Crippen molar-refractivity contribution in [2.24, 2.45) is 0 Å². The highest BCUT2D eigenvalue weighted by Gasteiger charge is 2.19. The summed E-state index contributed by atoms with van der Waals surface area (Å²) in [6.07, 6.45) is 7.72. The third-order valence-electron chi connectivity index (χ3n) is 4.86. The number of fused-ring (bicyclic) bond motifs is 1. The minimum atomic E-state index is 0.757. The maximum Gasteiger partial charge on any atom is 0.0483 e. The zero-order valence-corrected chi connectivity index (χ0v) is 13.3. The van der Waals surface area contributed by atoms with Crippen LogP contribution in [-0.2, 0) is 13.1 Å². The SMILES string of the molecule is CNCc1cn(CCC2CCCCN2C)c2ccccc12. The number of nitrogens with one attached hydrogen (secondary N) is 1. The van der Waals surface area contributed by atoms with Gasteiger partial charge in [-0.15, -0.1) is 0 Å². The first-order chi connectivity index (χ1) is 10.3. The molecule has 0 saturated carbocycles. The van der Waals surface area contributed by atoms with Crippen molar-refractivity contribution >= 4 is 10.9 Å². The van der Waals surface area contributed by atoms with Crippen LogP contribution < -0.4 is 5.32 Å². The van der Waals surface area contributed by atoms with Gasteiger partial charge in [-0.2, -0.15) is 0 Å². The first-order valence-corrected chi connectivity index (χ1v) is 8.21. The number of piperidine rings is 1. The number of rotatable bonds is 5. The molecule has 2 heterocycles. The van der Waals surface area contributed by atoms with Crippen LogP contribution >= 0.6 is 0 Å². The molecule has 3 rings (SSSR count). The van der Waals surface area contributed by atoms with Gasteiger partial charge in [-0.05, 0) is 51.5 Å². The van der Waals surface area contributed by atoms with Gasteiger partial charge in [0.2, 0.25) is 0 Å². The van der Waals surface area contributed by atoms with E-state index in [-0.39, 0.29) is 0 Å². The summed E-state index contributed by atoms with van der Waals surface area (Å²) in [4.78, 5) is 2.55. The number of aryl methyl sites for hydroxylation is 1. The largest absolute Gasteiger partial charge is 0.347 e. The van der Waals surface area contributed by atoms with E-state index in [2.05, 4.69) is 52.3 Å². The Kier molecular flexibility index (Phi) is 4.61. The normalized spacial score (nSPS) is 20.2. The molecule has 1 aromatic carbocycles.